The van der Waals surface area contributed by atoms with Crippen molar-refractivity contribution in [1.29, 1.82) is 0 Å². The van der Waals surface area contributed by atoms with Gasteiger partial charge >= 0.3 is 0 Å². The van der Waals surface area contributed by atoms with Gasteiger partial charge in [-0.1, -0.05) is 42.4 Å². The predicted molar refractivity (Wildman–Crippen MR) is 122 cm³/mol. The third-order valence-corrected chi connectivity index (χ3v) is 5.66. The van der Waals surface area contributed by atoms with Crippen molar-refractivity contribution < 1.29 is 9.32 Å². The van der Waals surface area contributed by atoms with Crippen LogP contribution in [0.3, 0.4) is 0 Å². The van der Waals surface area contributed by atoms with Crippen molar-refractivity contribution in [2.24, 2.45) is 0 Å². The van der Waals surface area contributed by atoms with Gasteiger partial charge in [-0.05, 0) is 13.3 Å². The molecule has 1 aromatic carbocycles. The molecule has 0 unspecified atom stereocenters. The molecule has 0 bridgehead atoms. The number of hydrogen-bond donors (Lipinski definition) is 0. The van der Waals surface area contributed by atoms with Crippen LogP contribution in [0.25, 0.3) is 22.7 Å². The number of amides is 1. The smallest absolute Gasteiger partial charge is 0.275 e. The Hall–Kier alpha value is -4.08. The van der Waals surface area contributed by atoms with Crippen molar-refractivity contribution in [1.82, 2.24) is 29.6 Å². The van der Waals surface area contributed by atoms with Crippen LogP contribution in [0.15, 0.2) is 53.3 Å². The third-order valence-electron chi connectivity index (χ3n) is 5.66. The molecule has 1 aliphatic heterocycles. The Morgan fingerprint density at radius 1 is 1.12 bits per heavy atom. The highest BCUT2D eigenvalue weighted by molar-refractivity contribution is 6.00. The van der Waals surface area contributed by atoms with E-state index in [-0.39, 0.29) is 17.4 Å². The summed E-state index contributed by atoms with van der Waals surface area (Å²) in [5.41, 5.74) is 2.26. The fourth-order valence-electron chi connectivity index (χ4n) is 4.02. The molecule has 33 heavy (non-hydrogen) atoms. The lowest BCUT2D eigenvalue weighted by atomic mass is 10.2. The molecule has 0 aliphatic carbocycles. The van der Waals surface area contributed by atoms with Gasteiger partial charge in [0.1, 0.15) is 17.2 Å². The highest BCUT2D eigenvalue weighted by Gasteiger charge is 2.33. The Morgan fingerprint density at radius 2 is 1.94 bits per heavy atom. The second kappa shape index (κ2) is 8.45. The second-order valence-electron chi connectivity index (χ2n) is 7.94. The maximum absolute atomic E-state index is 13.1. The molecule has 10 nitrogen and oxygen atoms in total. The maximum Gasteiger partial charge on any atom is 0.275 e. The van der Waals surface area contributed by atoms with Gasteiger partial charge in [0, 0.05) is 30.9 Å². The molecule has 0 saturated heterocycles. The van der Waals surface area contributed by atoms with E-state index < -0.39 is 0 Å². The van der Waals surface area contributed by atoms with Gasteiger partial charge in [0.15, 0.2) is 11.6 Å². The average molecular weight is 446 g/mol. The summed E-state index contributed by atoms with van der Waals surface area (Å²) < 4.78 is 7.75. The topological polar surface area (TPSA) is 108 Å². The minimum atomic E-state index is -0.284. The Bertz CT molecular complexity index is 1270. The van der Waals surface area contributed by atoms with Gasteiger partial charge in [-0.25, -0.2) is 4.98 Å². The quantitative estimate of drug-likeness (QED) is 0.428. The summed E-state index contributed by atoms with van der Waals surface area (Å²) in [5, 5.41) is 21.6. The van der Waals surface area contributed by atoms with Crippen LogP contribution >= 0.6 is 0 Å². The molecule has 3 aromatic heterocycles. The minimum absolute atomic E-state index is 0.0725. The first-order valence-corrected chi connectivity index (χ1v) is 11.0. The highest BCUT2D eigenvalue weighted by atomic mass is 16.5. The SMILES string of the molecule is CCCN1CN(CC)c2nc(-c3cnn(Cc4cc(-c5ccccc5)on4)c3)n([O-])c2C1=O. The average Bonchev–Trinajstić information content (AvgIpc) is 3.56. The molecule has 1 aliphatic rings. The largest absolute Gasteiger partial charge is 0.804 e. The van der Waals surface area contributed by atoms with Crippen molar-refractivity contribution in [3.63, 3.8) is 0 Å². The van der Waals surface area contributed by atoms with Gasteiger partial charge in [0.05, 0.1) is 25.0 Å². The number of benzene rings is 1. The number of carbonyl (C=O) groups excluding carboxylic acids is 1. The van der Waals surface area contributed by atoms with Crippen molar-refractivity contribution in [2.45, 2.75) is 26.8 Å². The number of hydrogen-bond acceptors (Lipinski definition) is 7. The number of nitrogens with zero attached hydrogens (tertiary/aromatic N) is 7. The predicted octanol–water partition coefficient (Wildman–Crippen LogP) is 3.45. The summed E-state index contributed by atoms with van der Waals surface area (Å²) in [6, 6.07) is 11.6. The Morgan fingerprint density at radius 3 is 2.70 bits per heavy atom. The van der Waals surface area contributed by atoms with Crippen LogP contribution in [0.1, 0.15) is 36.5 Å². The van der Waals surface area contributed by atoms with E-state index in [1.807, 2.05) is 55.1 Å². The summed E-state index contributed by atoms with van der Waals surface area (Å²) in [6.45, 7) is 6.03. The molecule has 4 aromatic rings. The first kappa shape index (κ1) is 20.8. The molecular formula is C23H24N7O3-. The number of rotatable bonds is 7. The molecule has 0 saturated carbocycles. The Balaban J connectivity index is 1.40. The van der Waals surface area contributed by atoms with Crippen LogP contribution in [-0.2, 0) is 6.54 Å². The zero-order valence-electron chi connectivity index (χ0n) is 18.5. The van der Waals surface area contributed by atoms with Crippen molar-refractivity contribution in [3.05, 3.63) is 65.4 Å². The molecule has 5 rings (SSSR count). The number of fused-ring (bicyclic) bond motifs is 1. The molecular weight excluding hydrogens is 422 g/mol. The van der Waals surface area contributed by atoms with Gasteiger partial charge in [0.2, 0.25) is 0 Å². The molecule has 0 atom stereocenters. The summed E-state index contributed by atoms with van der Waals surface area (Å²) >= 11 is 0. The van der Waals surface area contributed by atoms with E-state index in [4.69, 9.17) is 4.52 Å². The summed E-state index contributed by atoms with van der Waals surface area (Å²) in [6.07, 6.45) is 4.12. The second-order valence-corrected chi connectivity index (χ2v) is 7.94. The van der Waals surface area contributed by atoms with E-state index in [1.165, 1.54) is 0 Å². The van der Waals surface area contributed by atoms with E-state index in [2.05, 4.69) is 15.2 Å². The fourth-order valence-corrected chi connectivity index (χ4v) is 4.02. The first-order valence-electron chi connectivity index (χ1n) is 11.0. The monoisotopic (exact) mass is 446 g/mol. The first-order chi connectivity index (χ1) is 16.1. The van der Waals surface area contributed by atoms with Crippen LogP contribution in [0.2, 0.25) is 0 Å². The molecule has 0 spiro atoms. The zero-order chi connectivity index (χ0) is 22.9. The number of carbonyl (C=O) groups is 1. The van der Waals surface area contributed by atoms with Crippen LogP contribution in [-0.4, -0.2) is 55.2 Å². The lowest BCUT2D eigenvalue weighted by Crippen LogP contribution is -2.47. The van der Waals surface area contributed by atoms with Crippen LogP contribution in [0, 0.1) is 5.21 Å². The fraction of sp³-hybridized carbons (Fsp3) is 0.304. The van der Waals surface area contributed by atoms with Crippen LogP contribution in [0.4, 0.5) is 5.82 Å². The van der Waals surface area contributed by atoms with Gasteiger partial charge in [-0.15, -0.1) is 0 Å². The maximum atomic E-state index is 13.1. The van der Waals surface area contributed by atoms with E-state index in [0.717, 1.165) is 12.0 Å². The van der Waals surface area contributed by atoms with Gasteiger partial charge in [-0.3, -0.25) is 9.48 Å². The van der Waals surface area contributed by atoms with Crippen molar-refractivity contribution in [2.75, 3.05) is 24.7 Å². The Labute approximate surface area is 190 Å². The number of imidazole rings is 1. The van der Waals surface area contributed by atoms with Gasteiger partial charge < -0.3 is 24.3 Å². The molecule has 1 amide bonds. The standard InChI is InChI=1S/C23H24N7O3/c1-3-10-28-15-27(4-2)22-20(23(28)31)30(32)21(25-22)17-12-24-29(13-17)14-18-11-19(33-26-18)16-8-6-5-7-9-16/h5-9,11-13H,3-4,10,14-15H2,1-2H3/q-1. The van der Waals surface area contributed by atoms with Crippen LogP contribution in [0.5, 0.6) is 0 Å². The number of anilines is 1. The molecule has 0 radical (unpaired) electrons. The van der Waals surface area contributed by atoms with Crippen LogP contribution < -0.4 is 4.90 Å². The van der Waals surface area contributed by atoms with Gasteiger partial charge in [-0.2, -0.15) is 5.10 Å². The van der Waals surface area contributed by atoms with E-state index in [9.17, 15) is 10.0 Å². The van der Waals surface area contributed by atoms with E-state index >= 15 is 0 Å². The zero-order valence-corrected chi connectivity index (χ0v) is 18.5. The Kier molecular flexibility index (Phi) is 5.33. The molecule has 170 valence electrons. The lowest BCUT2D eigenvalue weighted by Gasteiger charge is -2.35. The van der Waals surface area contributed by atoms with E-state index in [1.54, 1.807) is 22.0 Å². The summed E-state index contributed by atoms with van der Waals surface area (Å²) in [5.74, 6) is 0.988. The minimum Gasteiger partial charge on any atom is -0.804 e. The lowest BCUT2D eigenvalue weighted by molar-refractivity contribution is 0.0733. The number of aromatic nitrogens is 5. The van der Waals surface area contributed by atoms with Crippen molar-refractivity contribution in [3.8, 4) is 22.7 Å². The van der Waals surface area contributed by atoms with Crippen molar-refractivity contribution >= 4 is 11.7 Å². The third kappa shape index (κ3) is 3.73. The summed E-state index contributed by atoms with van der Waals surface area (Å²) in [4.78, 5) is 21.0. The molecule has 0 fully saturated rings. The molecule has 10 heteroatoms. The normalized spacial score (nSPS) is 13.6. The molecule has 4 heterocycles. The summed E-state index contributed by atoms with van der Waals surface area (Å²) in [7, 11) is 0. The van der Waals surface area contributed by atoms with E-state index in [0.29, 0.717) is 53.9 Å². The molecule has 0 N–H and O–H groups in total. The highest BCUT2D eigenvalue weighted by Crippen LogP contribution is 2.31. The van der Waals surface area contributed by atoms with Gasteiger partial charge in [0.25, 0.3) is 5.91 Å².